The van der Waals surface area contributed by atoms with Gasteiger partial charge in [-0.1, -0.05) is 79.7 Å². The molecule has 2 unspecified atom stereocenters. The van der Waals surface area contributed by atoms with Gasteiger partial charge in [-0.2, -0.15) is 0 Å². The number of benzene rings is 3. The topological polar surface area (TPSA) is 95.5 Å². The molecule has 0 fully saturated rings. The Labute approximate surface area is 249 Å². The zero-order valence-electron chi connectivity index (χ0n) is 24.1. The second kappa shape index (κ2) is 10.3. The van der Waals surface area contributed by atoms with Gasteiger partial charge in [0.1, 0.15) is 17.6 Å². The average molecular weight is 570 g/mol. The third kappa shape index (κ3) is 4.33. The van der Waals surface area contributed by atoms with Crippen molar-refractivity contribution >= 4 is 41.1 Å². The van der Waals surface area contributed by atoms with Crippen molar-refractivity contribution in [3.05, 3.63) is 106 Å². The van der Waals surface area contributed by atoms with Crippen LogP contribution in [0.5, 0.6) is 0 Å². The number of nitrogens with one attached hydrogen (secondary N) is 1. The van der Waals surface area contributed by atoms with Gasteiger partial charge in [-0.15, -0.1) is 0 Å². The third-order valence-electron chi connectivity index (χ3n) is 8.91. The summed E-state index contributed by atoms with van der Waals surface area (Å²) in [6.45, 7) is 5.24. The average Bonchev–Trinajstić information content (AvgIpc) is 3.40. The van der Waals surface area contributed by atoms with Crippen molar-refractivity contribution in [2.24, 2.45) is 5.92 Å². The van der Waals surface area contributed by atoms with Crippen molar-refractivity contribution < 1.29 is 14.4 Å². The van der Waals surface area contributed by atoms with Gasteiger partial charge in [0.15, 0.2) is 17.4 Å². The standard InChI is InChI=1S/C35H31N5O3/c1-22-16-28-27-18-31(41)26-11-7-6-10-24(26)25(27)12-13-29(28)35(2,33(22)43)40-21-39(30-19-36-20-38-34(30)40)15-14-37-32(42)17-23-8-4-3-5-9-23/h3-13,16,18-20,22H,14-15,17,21H2,1-2H3,(H,37,42). The highest BCUT2D eigenvalue weighted by Gasteiger charge is 2.49. The summed E-state index contributed by atoms with van der Waals surface area (Å²) in [5.74, 6) is 0.281. The predicted molar refractivity (Wildman–Crippen MR) is 166 cm³/mol. The number of nitrogens with zero attached hydrogens (tertiary/aromatic N) is 4. The van der Waals surface area contributed by atoms with Crippen LogP contribution in [0.1, 0.15) is 35.3 Å². The summed E-state index contributed by atoms with van der Waals surface area (Å²) in [6, 6.07) is 21.4. The Morgan fingerprint density at radius 1 is 0.977 bits per heavy atom. The molecule has 8 heteroatoms. The number of aromatic nitrogens is 2. The van der Waals surface area contributed by atoms with Gasteiger partial charge in [-0.05, 0) is 45.7 Å². The van der Waals surface area contributed by atoms with Gasteiger partial charge < -0.3 is 15.1 Å². The van der Waals surface area contributed by atoms with E-state index in [1.165, 1.54) is 6.33 Å². The van der Waals surface area contributed by atoms with Crippen molar-refractivity contribution in [1.82, 2.24) is 15.3 Å². The van der Waals surface area contributed by atoms with Gasteiger partial charge in [0, 0.05) is 24.6 Å². The summed E-state index contributed by atoms with van der Waals surface area (Å²) in [5.41, 5.74) is 4.17. The number of fused-ring (bicyclic) bond motifs is 6. The van der Waals surface area contributed by atoms with Crippen molar-refractivity contribution in [3.8, 4) is 11.1 Å². The minimum absolute atomic E-state index is 0.0316. The summed E-state index contributed by atoms with van der Waals surface area (Å²) < 4.78 is 0. The Kier molecular flexibility index (Phi) is 6.42. The van der Waals surface area contributed by atoms with E-state index in [0.29, 0.717) is 37.6 Å². The molecular formula is C35H31N5O3. The predicted octanol–water partition coefficient (Wildman–Crippen LogP) is 2.98. The van der Waals surface area contributed by atoms with Crippen LogP contribution in [-0.2, 0) is 21.5 Å². The second-order valence-corrected chi connectivity index (χ2v) is 11.5. The molecule has 0 radical (unpaired) electrons. The number of carbonyl (C=O) groups is 3. The molecule has 214 valence electrons. The van der Waals surface area contributed by atoms with Crippen LogP contribution in [0.4, 0.5) is 11.5 Å². The molecule has 2 atom stereocenters. The normalized spacial score (nSPS) is 19.9. The van der Waals surface area contributed by atoms with Crippen molar-refractivity contribution in [1.29, 1.82) is 0 Å². The van der Waals surface area contributed by atoms with Crippen LogP contribution in [0.2, 0.25) is 0 Å². The molecule has 0 bridgehead atoms. The molecule has 1 amide bonds. The molecule has 2 heterocycles. The van der Waals surface area contributed by atoms with E-state index in [1.807, 2.05) is 91.6 Å². The zero-order valence-corrected chi connectivity index (χ0v) is 24.1. The van der Waals surface area contributed by atoms with Gasteiger partial charge in [-0.3, -0.25) is 14.4 Å². The lowest BCUT2D eigenvalue weighted by Gasteiger charge is -2.42. The van der Waals surface area contributed by atoms with Gasteiger partial charge in [0.25, 0.3) is 0 Å². The Morgan fingerprint density at radius 3 is 2.56 bits per heavy atom. The lowest BCUT2D eigenvalue weighted by Crippen LogP contribution is -2.59. The summed E-state index contributed by atoms with van der Waals surface area (Å²) in [5, 5.41) is 4.79. The Balaban J connectivity index is 1.22. The fourth-order valence-corrected chi connectivity index (χ4v) is 6.73. The highest BCUT2D eigenvalue weighted by molar-refractivity contribution is 6.22. The van der Waals surface area contributed by atoms with E-state index in [-0.39, 0.29) is 23.4 Å². The van der Waals surface area contributed by atoms with E-state index in [9.17, 15) is 14.4 Å². The van der Waals surface area contributed by atoms with Crippen molar-refractivity contribution in [2.75, 3.05) is 29.6 Å². The summed E-state index contributed by atoms with van der Waals surface area (Å²) in [7, 11) is 0. The number of hydrogen-bond acceptors (Lipinski definition) is 7. The number of ketones is 2. The second-order valence-electron chi connectivity index (χ2n) is 11.5. The highest BCUT2D eigenvalue weighted by atomic mass is 16.1. The van der Waals surface area contributed by atoms with E-state index >= 15 is 0 Å². The lowest BCUT2D eigenvalue weighted by atomic mass is 9.73. The maximum absolute atomic E-state index is 14.2. The zero-order chi connectivity index (χ0) is 29.7. The smallest absolute Gasteiger partial charge is 0.224 e. The van der Waals surface area contributed by atoms with Crippen molar-refractivity contribution in [2.45, 2.75) is 25.8 Å². The maximum Gasteiger partial charge on any atom is 0.224 e. The molecule has 1 aliphatic heterocycles. The van der Waals surface area contributed by atoms with Gasteiger partial charge >= 0.3 is 0 Å². The number of amides is 1. The molecule has 0 spiro atoms. The molecule has 0 saturated carbocycles. The molecular weight excluding hydrogens is 538 g/mol. The van der Waals surface area contributed by atoms with Crippen LogP contribution in [0.3, 0.4) is 0 Å². The molecule has 7 rings (SSSR count). The molecule has 8 nitrogen and oxygen atoms in total. The third-order valence-corrected chi connectivity index (χ3v) is 8.91. The Morgan fingerprint density at radius 2 is 1.74 bits per heavy atom. The number of carbonyl (C=O) groups excluding carboxylic acids is 3. The molecule has 3 aliphatic rings. The fraction of sp³-hybridized carbons (Fsp3) is 0.229. The minimum Gasteiger partial charge on any atom is -0.354 e. The molecule has 1 N–H and O–H groups in total. The largest absolute Gasteiger partial charge is 0.354 e. The highest BCUT2D eigenvalue weighted by Crippen LogP contribution is 2.43. The monoisotopic (exact) mass is 569 g/mol. The van der Waals surface area contributed by atoms with Gasteiger partial charge in [0.05, 0.1) is 19.3 Å². The summed E-state index contributed by atoms with van der Waals surface area (Å²) in [6.07, 6.45) is 7.28. The Hall–Kier alpha value is -5.11. The van der Waals surface area contributed by atoms with Crippen LogP contribution < -0.4 is 25.6 Å². The molecule has 3 aromatic carbocycles. The van der Waals surface area contributed by atoms with Crippen LogP contribution in [-0.4, -0.2) is 47.2 Å². The fourth-order valence-electron chi connectivity index (χ4n) is 6.73. The van der Waals surface area contributed by atoms with Gasteiger partial charge in [0.2, 0.25) is 5.91 Å². The van der Waals surface area contributed by atoms with E-state index in [1.54, 1.807) is 12.3 Å². The first-order valence-corrected chi connectivity index (χ1v) is 14.5. The molecule has 1 aromatic heterocycles. The molecule has 0 saturated heterocycles. The summed E-state index contributed by atoms with van der Waals surface area (Å²) >= 11 is 0. The Bertz CT molecular complexity index is 1920. The van der Waals surface area contributed by atoms with Gasteiger partial charge in [-0.25, -0.2) is 9.97 Å². The SMILES string of the molecule is CC1C=c2c(ccc3c2=CC(=O)c2ccccc2-3)C(C)(N2CN(CCNC(=O)Cc3ccccc3)c3cncnc32)C1=O. The number of hydrogen-bond donors (Lipinski definition) is 1. The van der Waals surface area contributed by atoms with Crippen LogP contribution in [0.25, 0.3) is 23.3 Å². The quantitative estimate of drug-likeness (QED) is 0.382. The molecule has 4 aromatic rings. The van der Waals surface area contributed by atoms with E-state index in [4.69, 9.17) is 0 Å². The first-order valence-electron chi connectivity index (χ1n) is 14.5. The van der Waals surface area contributed by atoms with Crippen molar-refractivity contribution in [3.63, 3.8) is 0 Å². The maximum atomic E-state index is 14.2. The number of rotatable bonds is 6. The van der Waals surface area contributed by atoms with E-state index in [2.05, 4.69) is 20.2 Å². The van der Waals surface area contributed by atoms with Crippen LogP contribution in [0.15, 0.2) is 79.3 Å². The first kappa shape index (κ1) is 26.8. The summed E-state index contributed by atoms with van der Waals surface area (Å²) in [4.78, 5) is 52.9. The minimum atomic E-state index is -1.04. The van der Waals surface area contributed by atoms with Crippen LogP contribution >= 0.6 is 0 Å². The van der Waals surface area contributed by atoms with E-state index < -0.39 is 5.54 Å². The number of Topliss-reactive ketones (excluding diaryl/α,β-unsaturated/α-hetero) is 2. The van der Waals surface area contributed by atoms with E-state index in [0.717, 1.165) is 38.4 Å². The van der Waals surface area contributed by atoms with Crippen LogP contribution in [0, 0.1) is 5.92 Å². The first-order chi connectivity index (χ1) is 20.9. The molecule has 2 aliphatic carbocycles. The molecule has 43 heavy (non-hydrogen) atoms. The number of anilines is 2. The lowest BCUT2D eigenvalue weighted by molar-refractivity contribution is -0.126.